The van der Waals surface area contributed by atoms with Crippen molar-refractivity contribution in [1.82, 2.24) is 10.2 Å². The highest BCUT2D eigenvalue weighted by Crippen LogP contribution is 2.32. The van der Waals surface area contributed by atoms with Crippen LogP contribution in [-0.2, 0) is 9.59 Å². The Hall–Kier alpha value is -1.10. The van der Waals surface area contributed by atoms with Crippen molar-refractivity contribution in [2.24, 2.45) is 11.3 Å². The molecule has 0 bridgehead atoms. The van der Waals surface area contributed by atoms with Crippen molar-refractivity contribution in [3.8, 4) is 0 Å². The van der Waals surface area contributed by atoms with Crippen LogP contribution in [0.4, 0.5) is 0 Å². The Morgan fingerprint density at radius 1 is 1.50 bits per heavy atom. The lowest BCUT2D eigenvalue weighted by Crippen LogP contribution is -2.40. The fourth-order valence-corrected chi connectivity index (χ4v) is 2.17. The van der Waals surface area contributed by atoms with Gasteiger partial charge in [0, 0.05) is 37.6 Å². The average Bonchev–Trinajstić information content (AvgIpc) is 3.10. The first kappa shape index (κ1) is 13.3. The molecule has 2 amide bonds. The maximum Gasteiger partial charge on any atom is 0.225 e. The lowest BCUT2D eigenvalue weighted by atomic mass is 9.94. The lowest BCUT2D eigenvalue weighted by molar-refractivity contribution is -0.129. The van der Waals surface area contributed by atoms with Crippen molar-refractivity contribution >= 4 is 11.8 Å². The van der Waals surface area contributed by atoms with E-state index in [1.165, 1.54) is 0 Å². The van der Waals surface area contributed by atoms with Crippen LogP contribution >= 0.6 is 0 Å². The molecule has 1 aliphatic heterocycles. The third-order valence-corrected chi connectivity index (χ3v) is 3.69. The molecule has 0 unspecified atom stereocenters. The first-order valence-corrected chi connectivity index (χ1v) is 6.61. The molecule has 1 saturated heterocycles. The van der Waals surface area contributed by atoms with Crippen LogP contribution in [0.2, 0.25) is 0 Å². The van der Waals surface area contributed by atoms with Crippen molar-refractivity contribution in [1.29, 1.82) is 0 Å². The van der Waals surface area contributed by atoms with Crippen LogP contribution < -0.4 is 5.32 Å². The summed E-state index contributed by atoms with van der Waals surface area (Å²) in [5, 5.41) is 12.0. The predicted octanol–water partition coefficient (Wildman–Crippen LogP) is 0.132. The normalized spacial score (nSPS) is 24.5. The van der Waals surface area contributed by atoms with Gasteiger partial charge in [-0.3, -0.25) is 9.59 Å². The highest BCUT2D eigenvalue weighted by atomic mass is 16.3. The molecule has 2 N–H and O–H groups in total. The molecule has 5 heteroatoms. The molecule has 5 nitrogen and oxygen atoms in total. The molecule has 2 fully saturated rings. The Morgan fingerprint density at radius 2 is 2.17 bits per heavy atom. The summed E-state index contributed by atoms with van der Waals surface area (Å²) in [6.07, 6.45) is 2.50. The largest absolute Gasteiger partial charge is 0.396 e. The third-order valence-electron chi connectivity index (χ3n) is 3.69. The molecular weight excluding hydrogens is 232 g/mol. The molecule has 1 atom stereocenters. The summed E-state index contributed by atoms with van der Waals surface area (Å²) in [4.78, 5) is 25.6. The van der Waals surface area contributed by atoms with Crippen molar-refractivity contribution in [2.45, 2.75) is 39.2 Å². The minimum absolute atomic E-state index is 0.0328. The van der Waals surface area contributed by atoms with E-state index in [-0.39, 0.29) is 29.8 Å². The first-order chi connectivity index (χ1) is 8.43. The first-order valence-electron chi connectivity index (χ1n) is 6.61. The smallest absolute Gasteiger partial charge is 0.225 e. The zero-order valence-electron chi connectivity index (χ0n) is 11.1. The Morgan fingerprint density at radius 3 is 2.72 bits per heavy atom. The molecule has 1 heterocycles. The number of hydrogen-bond donors (Lipinski definition) is 2. The van der Waals surface area contributed by atoms with E-state index in [9.17, 15) is 9.59 Å². The quantitative estimate of drug-likeness (QED) is 0.733. The molecule has 0 aromatic heterocycles. The van der Waals surface area contributed by atoms with E-state index in [1.807, 2.05) is 18.7 Å². The number of likely N-dealkylation sites (tertiary alicyclic amines) is 1. The molecule has 1 saturated carbocycles. The highest BCUT2D eigenvalue weighted by Gasteiger charge is 2.41. The van der Waals surface area contributed by atoms with E-state index in [0.717, 1.165) is 12.8 Å². The van der Waals surface area contributed by atoms with Crippen molar-refractivity contribution < 1.29 is 14.7 Å². The average molecular weight is 254 g/mol. The Balaban J connectivity index is 1.81. The van der Waals surface area contributed by atoms with E-state index in [4.69, 9.17) is 5.11 Å². The zero-order chi connectivity index (χ0) is 13.3. The fourth-order valence-electron chi connectivity index (χ4n) is 2.17. The topological polar surface area (TPSA) is 69.6 Å². The van der Waals surface area contributed by atoms with Gasteiger partial charge in [-0.25, -0.2) is 0 Å². The van der Waals surface area contributed by atoms with E-state index < -0.39 is 0 Å². The Bertz CT molecular complexity index is 350. The van der Waals surface area contributed by atoms with Gasteiger partial charge in [-0.15, -0.1) is 0 Å². The van der Waals surface area contributed by atoms with Gasteiger partial charge in [0.25, 0.3) is 0 Å². The van der Waals surface area contributed by atoms with E-state index in [0.29, 0.717) is 25.6 Å². The second-order valence-corrected chi connectivity index (χ2v) is 6.22. The van der Waals surface area contributed by atoms with Crippen LogP contribution in [0.25, 0.3) is 0 Å². The summed E-state index contributed by atoms with van der Waals surface area (Å²) in [5.74, 6) is -0.167. The van der Waals surface area contributed by atoms with Gasteiger partial charge in [-0.05, 0) is 12.8 Å². The molecule has 0 aromatic carbocycles. The van der Waals surface area contributed by atoms with Crippen LogP contribution in [0.5, 0.6) is 0 Å². The monoisotopic (exact) mass is 254 g/mol. The standard InChI is InChI=1S/C13H22N2O3/c1-13(2,8-16)7-14-12(18)9-5-11(17)15(6-9)10-3-4-10/h9-10,16H,3-8H2,1-2H3,(H,14,18)/t9-/m1/s1. The number of carbonyl (C=O) groups excluding carboxylic acids is 2. The Labute approximate surface area is 108 Å². The summed E-state index contributed by atoms with van der Waals surface area (Å²) in [5.41, 5.74) is -0.311. The number of nitrogens with zero attached hydrogens (tertiary/aromatic N) is 1. The van der Waals surface area contributed by atoms with Crippen molar-refractivity contribution in [2.75, 3.05) is 19.7 Å². The van der Waals surface area contributed by atoms with E-state index in [1.54, 1.807) is 0 Å². The van der Waals surface area contributed by atoms with Crippen LogP contribution in [-0.4, -0.2) is 47.6 Å². The molecule has 102 valence electrons. The SMILES string of the molecule is CC(C)(CO)CNC(=O)[C@@H]1CC(=O)N(C2CC2)C1. The molecule has 1 aliphatic carbocycles. The van der Waals surface area contributed by atoms with Crippen LogP contribution in [0.1, 0.15) is 33.1 Å². The number of aliphatic hydroxyl groups excluding tert-OH is 1. The Kier molecular flexibility index (Phi) is 3.61. The maximum absolute atomic E-state index is 12.0. The number of nitrogens with one attached hydrogen (secondary N) is 1. The van der Waals surface area contributed by atoms with Gasteiger partial charge < -0.3 is 15.3 Å². The van der Waals surface area contributed by atoms with Gasteiger partial charge in [-0.2, -0.15) is 0 Å². The third kappa shape index (κ3) is 3.02. The number of carbonyl (C=O) groups is 2. The maximum atomic E-state index is 12.0. The van der Waals surface area contributed by atoms with Gasteiger partial charge in [-0.1, -0.05) is 13.8 Å². The summed E-state index contributed by atoms with van der Waals surface area (Å²) in [7, 11) is 0. The van der Waals surface area contributed by atoms with Crippen LogP contribution in [0, 0.1) is 11.3 Å². The minimum Gasteiger partial charge on any atom is -0.396 e. The zero-order valence-corrected chi connectivity index (χ0v) is 11.1. The molecule has 0 spiro atoms. The molecule has 0 radical (unpaired) electrons. The summed E-state index contributed by atoms with van der Waals surface area (Å²) in [6.45, 7) is 4.82. The van der Waals surface area contributed by atoms with Crippen molar-refractivity contribution in [3.63, 3.8) is 0 Å². The van der Waals surface area contributed by atoms with Crippen LogP contribution in [0.15, 0.2) is 0 Å². The van der Waals surface area contributed by atoms with Gasteiger partial charge in [0.05, 0.1) is 5.92 Å². The molecule has 2 rings (SSSR count). The predicted molar refractivity (Wildman–Crippen MR) is 66.7 cm³/mol. The number of hydrogen-bond acceptors (Lipinski definition) is 3. The van der Waals surface area contributed by atoms with Gasteiger partial charge >= 0.3 is 0 Å². The van der Waals surface area contributed by atoms with Crippen molar-refractivity contribution in [3.05, 3.63) is 0 Å². The van der Waals surface area contributed by atoms with E-state index >= 15 is 0 Å². The summed E-state index contributed by atoms with van der Waals surface area (Å²) in [6, 6.07) is 0.393. The molecule has 0 aromatic rings. The molecule has 18 heavy (non-hydrogen) atoms. The van der Waals surface area contributed by atoms with E-state index in [2.05, 4.69) is 5.32 Å². The number of rotatable bonds is 5. The number of amides is 2. The van der Waals surface area contributed by atoms with Gasteiger partial charge in [0.15, 0.2) is 0 Å². The van der Waals surface area contributed by atoms with Crippen LogP contribution in [0.3, 0.4) is 0 Å². The summed E-state index contributed by atoms with van der Waals surface area (Å²) < 4.78 is 0. The molecular formula is C13H22N2O3. The molecule has 2 aliphatic rings. The summed E-state index contributed by atoms with van der Waals surface area (Å²) >= 11 is 0. The number of aliphatic hydroxyl groups is 1. The second-order valence-electron chi connectivity index (χ2n) is 6.22. The minimum atomic E-state index is -0.311. The fraction of sp³-hybridized carbons (Fsp3) is 0.846. The highest BCUT2D eigenvalue weighted by molar-refractivity contribution is 5.89. The lowest BCUT2D eigenvalue weighted by Gasteiger charge is -2.23. The van der Waals surface area contributed by atoms with Gasteiger partial charge in [0.1, 0.15) is 0 Å². The second kappa shape index (κ2) is 4.88. The van der Waals surface area contributed by atoms with Gasteiger partial charge in [0.2, 0.25) is 11.8 Å².